The normalized spacial score (nSPS) is 17.7. The van der Waals surface area contributed by atoms with Crippen molar-refractivity contribution in [2.45, 2.75) is 32.7 Å². The van der Waals surface area contributed by atoms with Crippen molar-refractivity contribution < 1.29 is 14.3 Å². The molecule has 5 heteroatoms. The lowest BCUT2D eigenvalue weighted by Crippen LogP contribution is -2.39. The number of ether oxygens (including phenoxy) is 1. The van der Waals surface area contributed by atoms with Gasteiger partial charge in [0, 0.05) is 6.54 Å². The third-order valence-corrected chi connectivity index (χ3v) is 4.06. The summed E-state index contributed by atoms with van der Waals surface area (Å²) in [6.45, 7) is 4.88. The summed E-state index contributed by atoms with van der Waals surface area (Å²) < 4.78 is 4.48. The smallest absolute Gasteiger partial charge is 0.407 e. The van der Waals surface area contributed by atoms with Crippen molar-refractivity contribution in [2.75, 3.05) is 20.2 Å². The minimum absolute atomic E-state index is 0.0198. The van der Waals surface area contributed by atoms with Crippen LogP contribution in [0.5, 0.6) is 0 Å². The third kappa shape index (κ3) is 3.54. The standard InChI is InChI=1S/C16H22N2O3/c1-11-6-7-13(9-12(11)2)14-5-4-8-18(14)15(19)10-17-16(20)21-3/h6-7,9,14H,4-5,8,10H2,1-3H3,(H,17,20). The fourth-order valence-electron chi connectivity index (χ4n) is 2.71. The molecule has 0 spiro atoms. The fourth-order valence-corrected chi connectivity index (χ4v) is 2.71. The Morgan fingerprint density at radius 1 is 1.33 bits per heavy atom. The molecule has 2 rings (SSSR count). The number of nitrogens with one attached hydrogen (secondary N) is 1. The van der Waals surface area contributed by atoms with Gasteiger partial charge in [0.2, 0.25) is 5.91 Å². The van der Waals surface area contributed by atoms with Gasteiger partial charge in [-0.2, -0.15) is 0 Å². The van der Waals surface area contributed by atoms with Crippen LogP contribution in [0.3, 0.4) is 0 Å². The van der Waals surface area contributed by atoms with Crippen molar-refractivity contribution in [1.29, 1.82) is 0 Å². The van der Waals surface area contributed by atoms with Crippen molar-refractivity contribution in [2.24, 2.45) is 0 Å². The largest absolute Gasteiger partial charge is 0.453 e. The van der Waals surface area contributed by atoms with Crippen LogP contribution in [0.4, 0.5) is 4.79 Å². The molecule has 5 nitrogen and oxygen atoms in total. The first kappa shape index (κ1) is 15.4. The van der Waals surface area contributed by atoms with Crippen LogP contribution in [0.15, 0.2) is 18.2 Å². The summed E-state index contributed by atoms with van der Waals surface area (Å²) in [6.07, 6.45) is 1.37. The zero-order valence-electron chi connectivity index (χ0n) is 12.8. The Morgan fingerprint density at radius 3 is 2.76 bits per heavy atom. The molecule has 114 valence electrons. The van der Waals surface area contributed by atoms with E-state index in [1.807, 2.05) is 4.90 Å². The second-order valence-corrected chi connectivity index (χ2v) is 5.43. The summed E-state index contributed by atoms with van der Waals surface area (Å²) in [5, 5.41) is 2.45. The van der Waals surface area contributed by atoms with E-state index in [1.165, 1.54) is 23.8 Å². The van der Waals surface area contributed by atoms with Crippen molar-refractivity contribution >= 4 is 12.0 Å². The van der Waals surface area contributed by atoms with E-state index in [-0.39, 0.29) is 18.5 Å². The molecule has 1 N–H and O–H groups in total. The highest BCUT2D eigenvalue weighted by Crippen LogP contribution is 2.32. The topological polar surface area (TPSA) is 58.6 Å². The first-order valence-electron chi connectivity index (χ1n) is 7.21. The SMILES string of the molecule is COC(=O)NCC(=O)N1CCCC1c1ccc(C)c(C)c1. The molecule has 1 saturated heterocycles. The number of rotatable bonds is 3. The van der Waals surface area contributed by atoms with Crippen LogP contribution < -0.4 is 5.32 Å². The summed E-state index contributed by atoms with van der Waals surface area (Å²) in [5.41, 5.74) is 3.66. The molecule has 0 aliphatic carbocycles. The molecule has 0 radical (unpaired) electrons. The van der Waals surface area contributed by atoms with Crippen molar-refractivity contribution in [3.05, 3.63) is 34.9 Å². The number of amides is 2. The van der Waals surface area contributed by atoms with Crippen LogP contribution in [-0.2, 0) is 9.53 Å². The predicted molar refractivity (Wildman–Crippen MR) is 80.0 cm³/mol. The summed E-state index contributed by atoms with van der Waals surface area (Å²) >= 11 is 0. The first-order chi connectivity index (χ1) is 10.0. The van der Waals surface area contributed by atoms with Crippen LogP contribution in [0.25, 0.3) is 0 Å². The van der Waals surface area contributed by atoms with Gasteiger partial charge in [-0.3, -0.25) is 4.79 Å². The highest BCUT2D eigenvalue weighted by atomic mass is 16.5. The number of hydrogen-bond acceptors (Lipinski definition) is 3. The molecule has 1 fully saturated rings. The number of hydrogen-bond donors (Lipinski definition) is 1. The van der Waals surface area contributed by atoms with E-state index in [4.69, 9.17) is 0 Å². The van der Waals surface area contributed by atoms with Gasteiger partial charge in [-0.25, -0.2) is 4.79 Å². The Morgan fingerprint density at radius 2 is 2.10 bits per heavy atom. The molecular formula is C16H22N2O3. The number of aryl methyl sites for hydroxylation is 2. The number of methoxy groups -OCH3 is 1. The van der Waals surface area contributed by atoms with E-state index in [1.54, 1.807) is 0 Å². The minimum Gasteiger partial charge on any atom is -0.453 e. The molecule has 2 amide bonds. The molecule has 0 aromatic heterocycles. The van der Waals surface area contributed by atoms with E-state index in [9.17, 15) is 9.59 Å². The Kier molecular flexibility index (Phi) is 4.83. The zero-order valence-corrected chi connectivity index (χ0v) is 12.8. The summed E-state index contributed by atoms with van der Waals surface area (Å²) in [5.74, 6) is -0.0684. The van der Waals surface area contributed by atoms with Crippen LogP contribution in [0.2, 0.25) is 0 Å². The van der Waals surface area contributed by atoms with Gasteiger partial charge in [0.25, 0.3) is 0 Å². The summed E-state index contributed by atoms with van der Waals surface area (Å²) in [4.78, 5) is 25.2. The molecule has 1 atom stereocenters. The molecule has 1 aromatic rings. The second-order valence-electron chi connectivity index (χ2n) is 5.43. The maximum Gasteiger partial charge on any atom is 0.407 e. The van der Waals surface area contributed by atoms with Gasteiger partial charge in [0.05, 0.1) is 13.2 Å². The van der Waals surface area contributed by atoms with E-state index in [2.05, 4.69) is 42.1 Å². The van der Waals surface area contributed by atoms with E-state index in [0.29, 0.717) is 0 Å². The number of likely N-dealkylation sites (tertiary alicyclic amines) is 1. The van der Waals surface area contributed by atoms with Crippen molar-refractivity contribution in [3.8, 4) is 0 Å². The molecule has 1 unspecified atom stereocenters. The Labute approximate surface area is 125 Å². The molecule has 1 aliphatic heterocycles. The Hall–Kier alpha value is -2.04. The lowest BCUT2D eigenvalue weighted by atomic mass is 9.99. The second kappa shape index (κ2) is 6.61. The summed E-state index contributed by atoms with van der Waals surface area (Å²) in [7, 11) is 1.29. The molecule has 0 bridgehead atoms. The van der Waals surface area contributed by atoms with Gasteiger partial charge in [0.15, 0.2) is 0 Å². The van der Waals surface area contributed by atoms with Crippen molar-refractivity contribution in [3.63, 3.8) is 0 Å². The number of benzene rings is 1. The average molecular weight is 290 g/mol. The van der Waals surface area contributed by atoms with E-state index in [0.717, 1.165) is 19.4 Å². The van der Waals surface area contributed by atoms with Gasteiger partial charge in [-0.1, -0.05) is 18.2 Å². The van der Waals surface area contributed by atoms with Crippen LogP contribution in [0, 0.1) is 13.8 Å². The van der Waals surface area contributed by atoms with Gasteiger partial charge >= 0.3 is 6.09 Å². The Balaban J connectivity index is 2.07. The van der Waals surface area contributed by atoms with Crippen LogP contribution in [0.1, 0.15) is 35.6 Å². The first-order valence-corrected chi connectivity index (χ1v) is 7.21. The van der Waals surface area contributed by atoms with Gasteiger partial charge in [0.1, 0.15) is 6.54 Å². The molecule has 1 heterocycles. The molecule has 21 heavy (non-hydrogen) atoms. The lowest BCUT2D eigenvalue weighted by Gasteiger charge is -2.25. The minimum atomic E-state index is -0.578. The highest BCUT2D eigenvalue weighted by Gasteiger charge is 2.30. The van der Waals surface area contributed by atoms with Gasteiger partial charge in [-0.05, 0) is 43.4 Å². The van der Waals surface area contributed by atoms with Crippen LogP contribution in [-0.4, -0.2) is 37.1 Å². The highest BCUT2D eigenvalue weighted by molar-refractivity contribution is 5.82. The zero-order chi connectivity index (χ0) is 15.4. The molecular weight excluding hydrogens is 268 g/mol. The molecule has 1 aromatic carbocycles. The maximum atomic E-state index is 12.3. The fraction of sp³-hybridized carbons (Fsp3) is 0.500. The quantitative estimate of drug-likeness (QED) is 0.929. The number of carbonyl (C=O) groups is 2. The number of alkyl carbamates (subject to hydrolysis) is 1. The van der Waals surface area contributed by atoms with E-state index < -0.39 is 6.09 Å². The van der Waals surface area contributed by atoms with Crippen LogP contribution >= 0.6 is 0 Å². The van der Waals surface area contributed by atoms with Crippen molar-refractivity contribution in [1.82, 2.24) is 10.2 Å². The average Bonchev–Trinajstić information content (AvgIpc) is 2.96. The monoisotopic (exact) mass is 290 g/mol. The third-order valence-electron chi connectivity index (χ3n) is 4.06. The summed E-state index contributed by atoms with van der Waals surface area (Å²) in [6, 6.07) is 6.44. The number of nitrogens with zero attached hydrogens (tertiary/aromatic N) is 1. The van der Waals surface area contributed by atoms with Gasteiger partial charge < -0.3 is 15.0 Å². The predicted octanol–water partition coefficient (Wildman–Crippen LogP) is 2.32. The molecule has 0 saturated carbocycles. The molecule has 1 aliphatic rings. The van der Waals surface area contributed by atoms with Gasteiger partial charge in [-0.15, -0.1) is 0 Å². The number of carbonyl (C=O) groups excluding carboxylic acids is 2. The lowest BCUT2D eigenvalue weighted by molar-refractivity contribution is -0.131. The maximum absolute atomic E-state index is 12.3. The van der Waals surface area contributed by atoms with E-state index >= 15 is 0 Å². The Bertz CT molecular complexity index is 542.